The number of fused-ring (bicyclic) bond motifs is 5. The van der Waals surface area contributed by atoms with Gasteiger partial charge < -0.3 is 14.6 Å². The maximum absolute atomic E-state index is 12.4. The molecule has 200 valence electrons. The highest BCUT2D eigenvalue weighted by molar-refractivity contribution is 5.87. The average Bonchev–Trinajstić information content (AvgIpc) is 3.17. The van der Waals surface area contributed by atoms with Crippen LogP contribution in [0.4, 0.5) is 0 Å². The summed E-state index contributed by atoms with van der Waals surface area (Å²) in [6.07, 6.45) is 13.4. The van der Waals surface area contributed by atoms with Crippen LogP contribution >= 0.6 is 0 Å². The Kier molecular flexibility index (Phi) is 7.96. The maximum atomic E-state index is 12.4. The van der Waals surface area contributed by atoms with E-state index in [0.29, 0.717) is 29.3 Å². The fourth-order valence-electron chi connectivity index (χ4n) is 7.70. The van der Waals surface area contributed by atoms with Crippen molar-refractivity contribution < 1.29 is 29.0 Å². The number of carbonyl (C=O) groups excluding carboxylic acids is 2. The zero-order valence-electron chi connectivity index (χ0n) is 22.5. The van der Waals surface area contributed by atoms with Gasteiger partial charge >= 0.3 is 11.9 Å². The lowest BCUT2D eigenvalue weighted by molar-refractivity contribution is -0.148. The zero-order chi connectivity index (χ0) is 26.8. The quantitative estimate of drug-likeness (QED) is 0.294. The number of carboxylic acids is 1. The summed E-state index contributed by atoms with van der Waals surface area (Å²) >= 11 is 0. The lowest BCUT2D eigenvalue weighted by atomic mass is 9.48. The second kappa shape index (κ2) is 10.8. The van der Waals surface area contributed by atoms with Crippen LogP contribution in [0.3, 0.4) is 0 Å². The number of para-hydroxylation sites is 1. The number of Topliss-reactive ketones (excluding diaryl/α,β-unsaturated/α-hetero) is 1. The van der Waals surface area contributed by atoms with Crippen LogP contribution in [0.25, 0.3) is 6.08 Å². The van der Waals surface area contributed by atoms with Gasteiger partial charge in [0.1, 0.15) is 17.6 Å². The van der Waals surface area contributed by atoms with E-state index in [-0.39, 0.29) is 22.9 Å². The van der Waals surface area contributed by atoms with Gasteiger partial charge in [-0.2, -0.15) is 0 Å². The summed E-state index contributed by atoms with van der Waals surface area (Å²) in [4.78, 5) is 34.0. The van der Waals surface area contributed by atoms with Gasteiger partial charge in [0.15, 0.2) is 0 Å². The average molecular weight is 509 g/mol. The van der Waals surface area contributed by atoms with Gasteiger partial charge in [0, 0.05) is 36.8 Å². The normalized spacial score (nSPS) is 34.3. The van der Waals surface area contributed by atoms with Crippen LogP contribution in [0.2, 0.25) is 0 Å². The molecule has 1 aromatic carbocycles. The Morgan fingerprint density at radius 1 is 1.05 bits per heavy atom. The fourth-order valence-corrected chi connectivity index (χ4v) is 7.70. The number of benzene rings is 1. The summed E-state index contributed by atoms with van der Waals surface area (Å²) in [7, 11) is 1.55. The third-order valence-corrected chi connectivity index (χ3v) is 9.64. The van der Waals surface area contributed by atoms with Crippen molar-refractivity contribution in [2.45, 2.75) is 78.2 Å². The van der Waals surface area contributed by atoms with Crippen molar-refractivity contribution in [3.8, 4) is 5.75 Å². The molecule has 37 heavy (non-hydrogen) atoms. The van der Waals surface area contributed by atoms with Gasteiger partial charge in [0.2, 0.25) is 0 Å². The number of ether oxygens (including phenoxy) is 2. The van der Waals surface area contributed by atoms with Crippen molar-refractivity contribution in [3.63, 3.8) is 0 Å². The lowest BCUT2D eigenvalue weighted by Crippen LogP contribution is -2.50. The minimum Gasteiger partial charge on any atom is -0.496 e. The van der Waals surface area contributed by atoms with E-state index in [4.69, 9.17) is 14.6 Å². The lowest BCUT2D eigenvalue weighted by Gasteiger charge is -2.56. The molecule has 0 saturated heterocycles. The summed E-state index contributed by atoms with van der Waals surface area (Å²) in [6.45, 7) is 6.19. The third-order valence-electron chi connectivity index (χ3n) is 9.64. The molecular formula is C31H40O6. The van der Waals surface area contributed by atoms with E-state index in [1.165, 1.54) is 25.0 Å². The van der Waals surface area contributed by atoms with Gasteiger partial charge in [-0.15, -0.1) is 0 Å². The van der Waals surface area contributed by atoms with E-state index >= 15 is 0 Å². The number of carbonyl (C=O) groups is 3. The first kappa shape index (κ1) is 27.2. The van der Waals surface area contributed by atoms with E-state index in [9.17, 15) is 14.4 Å². The Morgan fingerprint density at radius 2 is 1.76 bits per heavy atom. The van der Waals surface area contributed by atoms with Gasteiger partial charge in [-0.1, -0.05) is 43.7 Å². The predicted octanol–water partition coefficient (Wildman–Crippen LogP) is 6.24. The van der Waals surface area contributed by atoms with Crippen molar-refractivity contribution in [3.05, 3.63) is 47.6 Å². The minimum absolute atomic E-state index is 0.0438. The van der Waals surface area contributed by atoms with E-state index < -0.39 is 5.97 Å². The van der Waals surface area contributed by atoms with E-state index in [1.807, 2.05) is 12.1 Å². The van der Waals surface area contributed by atoms with Crippen molar-refractivity contribution in [2.75, 3.05) is 7.11 Å². The molecule has 6 unspecified atom stereocenters. The molecule has 4 aliphatic rings. The molecule has 0 aromatic heterocycles. The molecule has 0 spiro atoms. The number of allylic oxidation sites excluding steroid dienone is 1. The Bertz CT molecular complexity index is 1100. The summed E-state index contributed by atoms with van der Waals surface area (Å²) in [5.74, 6) is 2.03. The molecule has 3 saturated carbocycles. The van der Waals surface area contributed by atoms with Gasteiger partial charge in [-0.3, -0.25) is 9.59 Å². The number of hydrogen-bond acceptors (Lipinski definition) is 5. The third kappa shape index (κ3) is 5.39. The Morgan fingerprint density at radius 3 is 2.46 bits per heavy atom. The van der Waals surface area contributed by atoms with Crippen molar-refractivity contribution >= 4 is 23.8 Å². The molecule has 5 rings (SSSR count). The molecule has 4 aliphatic carbocycles. The molecule has 0 aliphatic heterocycles. The van der Waals surface area contributed by atoms with Gasteiger partial charge in [0.25, 0.3) is 0 Å². The highest BCUT2D eigenvalue weighted by Gasteiger charge is 2.58. The van der Waals surface area contributed by atoms with E-state index in [2.05, 4.69) is 19.9 Å². The molecule has 0 radical (unpaired) electrons. The molecule has 1 aromatic rings. The van der Waals surface area contributed by atoms with Crippen LogP contribution in [0, 0.1) is 28.6 Å². The molecule has 6 atom stereocenters. The van der Waals surface area contributed by atoms with E-state index in [1.54, 1.807) is 19.2 Å². The summed E-state index contributed by atoms with van der Waals surface area (Å²) < 4.78 is 10.5. The molecule has 0 bridgehead atoms. The fraction of sp³-hybridized carbons (Fsp3) is 0.581. The minimum atomic E-state index is -0.967. The summed E-state index contributed by atoms with van der Waals surface area (Å²) in [5, 5.41) is 8.41. The Labute approximate surface area is 220 Å². The number of ketones is 1. The van der Waals surface area contributed by atoms with E-state index in [0.717, 1.165) is 56.6 Å². The Balaban J connectivity index is 0.000000209. The molecular weight excluding hydrogens is 468 g/mol. The van der Waals surface area contributed by atoms with Crippen molar-refractivity contribution in [2.24, 2.45) is 28.6 Å². The highest BCUT2D eigenvalue weighted by atomic mass is 16.5. The first-order chi connectivity index (χ1) is 17.6. The number of rotatable bonds is 4. The van der Waals surface area contributed by atoms with Crippen LogP contribution in [-0.4, -0.2) is 36.0 Å². The number of hydrogen-bond donors (Lipinski definition) is 1. The van der Waals surface area contributed by atoms with Crippen LogP contribution in [0.5, 0.6) is 5.75 Å². The largest absolute Gasteiger partial charge is 0.496 e. The second-order valence-corrected chi connectivity index (χ2v) is 11.6. The number of esters is 1. The van der Waals surface area contributed by atoms with Crippen molar-refractivity contribution in [1.82, 2.24) is 0 Å². The van der Waals surface area contributed by atoms with Gasteiger partial charge in [0.05, 0.1) is 7.11 Å². The summed E-state index contributed by atoms with van der Waals surface area (Å²) in [5.41, 5.74) is 2.49. The van der Waals surface area contributed by atoms with Crippen molar-refractivity contribution in [1.29, 1.82) is 0 Å². The highest BCUT2D eigenvalue weighted by Crippen LogP contribution is 2.64. The maximum Gasteiger partial charge on any atom is 0.328 e. The SMILES string of the molecule is CC(=O)OC1CCC2(C)C(=CCC3C4CCC(=O)C4(C)CCC32)C1.COc1ccccc1C=CC(=O)O. The molecule has 6 heteroatoms. The first-order valence-corrected chi connectivity index (χ1v) is 13.5. The molecule has 3 fully saturated rings. The topological polar surface area (TPSA) is 89.9 Å². The summed E-state index contributed by atoms with van der Waals surface area (Å²) in [6, 6.07) is 7.22. The van der Waals surface area contributed by atoms with Gasteiger partial charge in [-0.25, -0.2) is 4.79 Å². The first-order valence-electron chi connectivity index (χ1n) is 13.5. The predicted molar refractivity (Wildman–Crippen MR) is 142 cm³/mol. The second-order valence-electron chi connectivity index (χ2n) is 11.6. The molecule has 0 heterocycles. The van der Waals surface area contributed by atoms with Crippen LogP contribution in [0.15, 0.2) is 42.0 Å². The van der Waals surface area contributed by atoms with Gasteiger partial charge in [-0.05, 0) is 73.8 Å². The van der Waals surface area contributed by atoms with Crippen LogP contribution < -0.4 is 4.74 Å². The van der Waals surface area contributed by atoms with Crippen LogP contribution in [-0.2, 0) is 19.1 Å². The molecule has 0 amide bonds. The number of carboxylic acid groups (broad SMARTS) is 1. The smallest absolute Gasteiger partial charge is 0.328 e. The zero-order valence-corrected chi connectivity index (χ0v) is 22.5. The Hall–Kier alpha value is -2.89. The number of aliphatic carboxylic acids is 1. The molecule has 6 nitrogen and oxygen atoms in total. The number of methoxy groups -OCH3 is 1. The van der Waals surface area contributed by atoms with Crippen LogP contribution in [0.1, 0.15) is 77.7 Å². The monoisotopic (exact) mass is 508 g/mol. The molecule has 1 N–H and O–H groups in total. The standard InChI is InChI=1S/C21H30O3.C10H10O3/c1-13(22)24-15-8-10-20(2)14(12-15)4-5-16-17-6-7-19(23)21(17,3)11-9-18(16)20;1-13-9-5-3-2-4-8(9)6-7-10(11)12/h4,15-18H,5-12H2,1-3H3;2-7H,1H3,(H,11,12).